The van der Waals surface area contributed by atoms with E-state index in [0.29, 0.717) is 4.83 Å². The highest BCUT2D eigenvalue weighted by atomic mass is 79.9. The lowest BCUT2D eigenvalue weighted by molar-refractivity contribution is -0.501. The molecule has 0 saturated carbocycles. The largest absolute Gasteiger partial charge is 0.264 e. The van der Waals surface area contributed by atoms with Gasteiger partial charge < -0.3 is 0 Å². The van der Waals surface area contributed by atoms with E-state index in [0.717, 1.165) is 6.08 Å². The van der Waals surface area contributed by atoms with Gasteiger partial charge in [-0.3, -0.25) is 10.1 Å². The number of nitro groups is 1. The van der Waals surface area contributed by atoms with Gasteiger partial charge in [-0.15, -0.1) is 0 Å². The Balaban J connectivity index is 2.81. The van der Waals surface area contributed by atoms with Crippen LogP contribution in [-0.4, -0.2) is 11.0 Å². The highest BCUT2D eigenvalue weighted by Gasteiger charge is 2.29. The van der Waals surface area contributed by atoms with Crippen LogP contribution in [-0.2, 0) is 0 Å². The van der Waals surface area contributed by atoms with Crippen LogP contribution >= 0.6 is 15.9 Å². The van der Waals surface area contributed by atoms with Gasteiger partial charge in [0.2, 0.25) is 0 Å². The summed E-state index contributed by atoms with van der Waals surface area (Å²) >= 11 is 2.96. The molecule has 0 N–H and O–H groups in total. The third kappa shape index (κ3) is 1.86. The maximum atomic E-state index is 12.4. The third-order valence-corrected chi connectivity index (χ3v) is 1.96. The maximum Gasteiger partial charge on any atom is 0.254 e. The van der Waals surface area contributed by atoms with E-state index in [1.165, 1.54) is 12.2 Å². The molecule has 0 heterocycles. The molecule has 1 radical (unpaired) electrons. The summed E-state index contributed by atoms with van der Waals surface area (Å²) in [5.41, 5.74) is 0. The molecule has 1 rings (SSSR count). The fourth-order valence-corrected chi connectivity index (χ4v) is 1.14. The quantitative estimate of drug-likeness (QED) is 0.501. The van der Waals surface area contributed by atoms with Crippen molar-refractivity contribution in [2.45, 2.75) is 6.04 Å². The Morgan fingerprint density at radius 1 is 1.64 bits per heavy atom. The molecule has 0 aromatic carbocycles. The van der Waals surface area contributed by atoms with Crippen LogP contribution in [0.15, 0.2) is 24.1 Å². The first kappa shape index (κ1) is 8.39. The predicted molar refractivity (Wildman–Crippen MR) is 41.3 cm³/mol. The average molecular weight is 221 g/mol. The molecule has 0 amide bonds. The smallest absolute Gasteiger partial charge is 0.254 e. The summed E-state index contributed by atoms with van der Waals surface area (Å²) in [6, 6.07) is -1.07. The molecular formula is C6H4BrFNO2. The van der Waals surface area contributed by atoms with Crippen molar-refractivity contribution in [1.29, 1.82) is 0 Å². The molecule has 0 fully saturated rings. The zero-order chi connectivity index (χ0) is 8.43. The van der Waals surface area contributed by atoms with Gasteiger partial charge in [0.1, 0.15) is 10.7 Å². The van der Waals surface area contributed by atoms with E-state index in [2.05, 4.69) is 15.9 Å². The van der Waals surface area contributed by atoms with Gasteiger partial charge in [0, 0.05) is 11.0 Å². The second-order valence-electron chi connectivity index (χ2n) is 2.00. The zero-order valence-electron chi connectivity index (χ0n) is 5.33. The van der Waals surface area contributed by atoms with E-state index in [9.17, 15) is 14.5 Å². The first-order valence-electron chi connectivity index (χ1n) is 2.82. The van der Waals surface area contributed by atoms with Crippen LogP contribution in [0.3, 0.4) is 0 Å². The Morgan fingerprint density at radius 2 is 2.27 bits per heavy atom. The van der Waals surface area contributed by atoms with Gasteiger partial charge in [0.15, 0.2) is 0 Å². The minimum absolute atomic E-state index is 0.365. The van der Waals surface area contributed by atoms with Gasteiger partial charge >= 0.3 is 0 Å². The molecule has 0 aromatic rings. The molecule has 1 unspecified atom stereocenters. The molecular weight excluding hydrogens is 217 g/mol. The SMILES string of the molecule is O=[N+]([O-])C1C=C(F)C=C[C]1Br. The van der Waals surface area contributed by atoms with Crippen molar-refractivity contribution >= 4 is 15.9 Å². The molecule has 0 aromatic heterocycles. The highest BCUT2D eigenvalue weighted by molar-refractivity contribution is 9.11. The van der Waals surface area contributed by atoms with Gasteiger partial charge in [-0.25, -0.2) is 4.39 Å². The summed E-state index contributed by atoms with van der Waals surface area (Å²) in [4.78, 5) is 10.0. The number of nitrogens with zero attached hydrogens (tertiary/aromatic N) is 1. The molecule has 1 atom stereocenters. The van der Waals surface area contributed by atoms with Gasteiger partial charge in [-0.05, 0) is 6.08 Å². The van der Waals surface area contributed by atoms with E-state index in [4.69, 9.17) is 0 Å². The van der Waals surface area contributed by atoms with Crippen molar-refractivity contribution in [3.63, 3.8) is 0 Å². The molecule has 1 aliphatic rings. The van der Waals surface area contributed by atoms with Crippen molar-refractivity contribution < 1.29 is 9.31 Å². The van der Waals surface area contributed by atoms with Crippen LogP contribution in [0.5, 0.6) is 0 Å². The van der Waals surface area contributed by atoms with Crippen LogP contribution in [0.4, 0.5) is 4.39 Å². The minimum atomic E-state index is -1.07. The topological polar surface area (TPSA) is 43.1 Å². The van der Waals surface area contributed by atoms with E-state index in [-0.39, 0.29) is 0 Å². The van der Waals surface area contributed by atoms with E-state index < -0.39 is 16.8 Å². The summed E-state index contributed by atoms with van der Waals surface area (Å²) in [6.07, 6.45) is 3.46. The number of hydrogen-bond donors (Lipinski definition) is 0. The lowest BCUT2D eigenvalue weighted by Gasteiger charge is -2.10. The Bertz CT molecular complexity index is 239. The monoisotopic (exact) mass is 220 g/mol. The van der Waals surface area contributed by atoms with Crippen LogP contribution in [0.1, 0.15) is 0 Å². The average Bonchev–Trinajstić information content (AvgIpc) is 1.94. The molecule has 5 heteroatoms. The predicted octanol–water partition coefficient (Wildman–Crippen LogP) is 1.98. The molecule has 1 aliphatic carbocycles. The lowest BCUT2D eigenvalue weighted by Crippen LogP contribution is -2.22. The summed E-state index contributed by atoms with van der Waals surface area (Å²) in [5, 5.41) is 10.2. The van der Waals surface area contributed by atoms with Crippen LogP contribution in [0.25, 0.3) is 0 Å². The number of hydrogen-bond acceptors (Lipinski definition) is 2. The lowest BCUT2D eigenvalue weighted by atomic mass is 10.1. The fraction of sp³-hybridized carbons (Fsp3) is 0.167. The van der Waals surface area contributed by atoms with Gasteiger partial charge in [-0.1, -0.05) is 22.0 Å². The van der Waals surface area contributed by atoms with Crippen molar-refractivity contribution in [2.24, 2.45) is 0 Å². The molecule has 0 aliphatic heterocycles. The summed E-state index contributed by atoms with van der Waals surface area (Å²) in [7, 11) is 0. The third-order valence-electron chi connectivity index (χ3n) is 1.23. The molecule has 0 bridgehead atoms. The summed E-state index contributed by atoms with van der Waals surface area (Å²) < 4.78 is 12.4. The van der Waals surface area contributed by atoms with Crippen molar-refractivity contribution in [1.82, 2.24) is 0 Å². The van der Waals surface area contributed by atoms with Crippen molar-refractivity contribution in [2.75, 3.05) is 0 Å². The van der Waals surface area contributed by atoms with Crippen LogP contribution < -0.4 is 0 Å². The number of allylic oxidation sites excluding steroid dienone is 2. The minimum Gasteiger partial charge on any atom is -0.264 e. The second-order valence-corrected chi connectivity index (χ2v) is 2.92. The molecule has 59 valence electrons. The normalized spacial score (nSPS) is 24.9. The van der Waals surface area contributed by atoms with E-state index in [1.807, 2.05) is 0 Å². The summed E-state index contributed by atoms with van der Waals surface area (Å²) in [5.74, 6) is -0.574. The molecule has 3 nitrogen and oxygen atoms in total. The molecule has 0 spiro atoms. The summed E-state index contributed by atoms with van der Waals surface area (Å²) in [6.45, 7) is 0. The Hall–Kier alpha value is -0.710. The van der Waals surface area contributed by atoms with Crippen LogP contribution in [0, 0.1) is 14.9 Å². The second kappa shape index (κ2) is 3.13. The van der Waals surface area contributed by atoms with Crippen molar-refractivity contribution in [3.05, 3.63) is 39.0 Å². The van der Waals surface area contributed by atoms with Gasteiger partial charge in [0.05, 0.1) is 0 Å². The highest BCUT2D eigenvalue weighted by Crippen LogP contribution is 2.26. The Morgan fingerprint density at radius 3 is 2.73 bits per heavy atom. The van der Waals surface area contributed by atoms with Crippen LogP contribution in [0.2, 0.25) is 0 Å². The fourth-order valence-electron chi connectivity index (χ4n) is 0.705. The molecule has 0 saturated heterocycles. The number of rotatable bonds is 1. The number of halogens is 2. The first-order valence-corrected chi connectivity index (χ1v) is 3.62. The first-order chi connectivity index (χ1) is 5.11. The van der Waals surface area contributed by atoms with Gasteiger partial charge in [0.25, 0.3) is 6.04 Å². The Labute approximate surface area is 70.9 Å². The Kier molecular flexibility index (Phi) is 2.38. The maximum absolute atomic E-state index is 12.4. The van der Waals surface area contributed by atoms with Crippen molar-refractivity contribution in [3.8, 4) is 0 Å². The molecule has 11 heavy (non-hydrogen) atoms. The van der Waals surface area contributed by atoms with E-state index >= 15 is 0 Å². The zero-order valence-corrected chi connectivity index (χ0v) is 6.92. The van der Waals surface area contributed by atoms with Gasteiger partial charge in [-0.2, -0.15) is 0 Å². The van der Waals surface area contributed by atoms with E-state index in [1.54, 1.807) is 0 Å². The standard InChI is InChI=1S/C6H4BrFNO2/c7-5-2-1-4(8)3-6(5)9(10)11/h1-3,6H.